The summed E-state index contributed by atoms with van der Waals surface area (Å²) in [7, 11) is 3.95. The molecular weight excluding hydrogens is 192 g/mol. The Balaban J connectivity index is 2.59. The normalized spacial score (nSPS) is 26.0. The Morgan fingerprint density at radius 2 is 2.33 bits per heavy atom. The van der Waals surface area contributed by atoms with Crippen molar-refractivity contribution < 1.29 is 9.90 Å². The number of β-amino-alcohol motifs (C(OH)–C–C–N with tert-alkyl or cyclic N) is 1. The van der Waals surface area contributed by atoms with Crippen LogP contribution in [0.1, 0.15) is 12.8 Å². The third-order valence-corrected chi connectivity index (χ3v) is 2.61. The number of amides is 1. The average molecular weight is 212 g/mol. The van der Waals surface area contributed by atoms with Crippen molar-refractivity contribution in [3.05, 3.63) is 12.7 Å². The molecule has 1 rings (SSSR count). The molecule has 1 heterocycles. The SMILES string of the molecule is C=CCC(=O)N1CC(O)CC1CN(C)C. The molecule has 0 aromatic rings. The Hall–Kier alpha value is -0.870. The van der Waals surface area contributed by atoms with Crippen molar-refractivity contribution in [2.24, 2.45) is 0 Å². The number of hydrogen-bond donors (Lipinski definition) is 1. The molecule has 0 aliphatic carbocycles. The first kappa shape index (κ1) is 12.2. The lowest BCUT2D eigenvalue weighted by Crippen LogP contribution is -2.41. The number of rotatable bonds is 4. The van der Waals surface area contributed by atoms with Crippen LogP contribution in [-0.2, 0) is 4.79 Å². The number of aliphatic hydroxyl groups excluding tert-OH is 1. The Morgan fingerprint density at radius 3 is 2.87 bits per heavy atom. The van der Waals surface area contributed by atoms with Crippen molar-refractivity contribution in [2.45, 2.75) is 25.0 Å². The van der Waals surface area contributed by atoms with Gasteiger partial charge in [-0.3, -0.25) is 4.79 Å². The van der Waals surface area contributed by atoms with Gasteiger partial charge >= 0.3 is 0 Å². The van der Waals surface area contributed by atoms with E-state index in [9.17, 15) is 9.90 Å². The number of likely N-dealkylation sites (N-methyl/N-ethyl adjacent to an activating group) is 1. The van der Waals surface area contributed by atoms with E-state index in [0.29, 0.717) is 19.4 Å². The second kappa shape index (κ2) is 5.28. The molecule has 0 radical (unpaired) electrons. The lowest BCUT2D eigenvalue weighted by atomic mass is 10.2. The van der Waals surface area contributed by atoms with E-state index < -0.39 is 0 Å². The van der Waals surface area contributed by atoms with Gasteiger partial charge in [0.1, 0.15) is 0 Å². The predicted molar refractivity (Wildman–Crippen MR) is 59.5 cm³/mol. The van der Waals surface area contributed by atoms with Crippen LogP contribution in [0.5, 0.6) is 0 Å². The first-order valence-corrected chi connectivity index (χ1v) is 5.27. The summed E-state index contributed by atoms with van der Waals surface area (Å²) in [5, 5.41) is 9.56. The molecule has 1 aliphatic heterocycles. The fourth-order valence-corrected chi connectivity index (χ4v) is 2.03. The van der Waals surface area contributed by atoms with E-state index in [-0.39, 0.29) is 18.1 Å². The van der Waals surface area contributed by atoms with Crippen LogP contribution in [0.2, 0.25) is 0 Å². The van der Waals surface area contributed by atoms with Crippen LogP contribution >= 0.6 is 0 Å². The minimum atomic E-state index is -0.372. The van der Waals surface area contributed by atoms with E-state index in [2.05, 4.69) is 6.58 Å². The van der Waals surface area contributed by atoms with Crippen LogP contribution in [0.3, 0.4) is 0 Å². The van der Waals surface area contributed by atoms with E-state index in [1.807, 2.05) is 19.0 Å². The van der Waals surface area contributed by atoms with Gasteiger partial charge in [-0.15, -0.1) is 6.58 Å². The van der Waals surface area contributed by atoms with E-state index in [4.69, 9.17) is 0 Å². The van der Waals surface area contributed by atoms with Gasteiger partial charge in [-0.2, -0.15) is 0 Å². The molecule has 86 valence electrons. The molecule has 4 nitrogen and oxygen atoms in total. The highest BCUT2D eigenvalue weighted by Crippen LogP contribution is 2.19. The monoisotopic (exact) mass is 212 g/mol. The van der Waals surface area contributed by atoms with Crippen LogP contribution in [0, 0.1) is 0 Å². The number of likely N-dealkylation sites (tertiary alicyclic amines) is 1. The number of aliphatic hydroxyl groups is 1. The first-order chi connectivity index (χ1) is 7.04. The summed E-state index contributed by atoms with van der Waals surface area (Å²) >= 11 is 0. The van der Waals surface area contributed by atoms with E-state index in [1.165, 1.54) is 0 Å². The van der Waals surface area contributed by atoms with Gasteiger partial charge in [-0.1, -0.05) is 6.08 Å². The zero-order valence-corrected chi connectivity index (χ0v) is 9.52. The number of nitrogens with zero attached hydrogens (tertiary/aromatic N) is 2. The summed E-state index contributed by atoms with van der Waals surface area (Å²) in [6.07, 6.45) is 2.28. The summed E-state index contributed by atoms with van der Waals surface area (Å²) in [4.78, 5) is 15.5. The van der Waals surface area contributed by atoms with E-state index in [0.717, 1.165) is 6.54 Å². The minimum Gasteiger partial charge on any atom is -0.391 e. The van der Waals surface area contributed by atoms with Crippen LogP contribution in [-0.4, -0.2) is 60.1 Å². The zero-order valence-electron chi connectivity index (χ0n) is 9.52. The molecule has 2 unspecified atom stereocenters. The maximum Gasteiger partial charge on any atom is 0.226 e. The zero-order chi connectivity index (χ0) is 11.4. The van der Waals surface area contributed by atoms with Crippen molar-refractivity contribution in [3.63, 3.8) is 0 Å². The Labute approximate surface area is 91.2 Å². The van der Waals surface area contributed by atoms with Crippen LogP contribution in [0.4, 0.5) is 0 Å². The average Bonchev–Trinajstić information content (AvgIpc) is 2.46. The fraction of sp³-hybridized carbons (Fsp3) is 0.727. The molecule has 1 N–H and O–H groups in total. The van der Waals surface area contributed by atoms with Crippen molar-refractivity contribution in [2.75, 3.05) is 27.2 Å². The fourth-order valence-electron chi connectivity index (χ4n) is 2.03. The van der Waals surface area contributed by atoms with E-state index >= 15 is 0 Å². The van der Waals surface area contributed by atoms with Crippen LogP contribution < -0.4 is 0 Å². The molecule has 0 aromatic carbocycles. The van der Waals surface area contributed by atoms with E-state index in [1.54, 1.807) is 11.0 Å². The molecule has 0 saturated carbocycles. The molecular formula is C11H20N2O2. The summed E-state index contributed by atoms with van der Waals surface area (Å²) < 4.78 is 0. The van der Waals surface area contributed by atoms with Gasteiger partial charge in [0.25, 0.3) is 0 Å². The van der Waals surface area contributed by atoms with Crippen LogP contribution in [0.15, 0.2) is 12.7 Å². The van der Waals surface area contributed by atoms with Crippen molar-refractivity contribution in [1.29, 1.82) is 0 Å². The van der Waals surface area contributed by atoms with Gasteiger partial charge < -0.3 is 14.9 Å². The lowest BCUT2D eigenvalue weighted by Gasteiger charge is -2.26. The highest BCUT2D eigenvalue weighted by molar-refractivity contribution is 5.78. The summed E-state index contributed by atoms with van der Waals surface area (Å²) in [5.41, 5.74) is 0. The Morgan fingerprint density at radius 1 is 1.67 bits per heavy atom. The lowest BCUT2D eigenvalue weighted by molar-refractivity contribution is -0.131. The summed E-state index contributed by atoms with van der Waals surface area (Å²) in [6, 6.07) is 0.141. The van der Waals surface area contributed by atoms with Crippen molar-refractivity contribution in [1.82, 2.24) is 9.80 Å². The minimum absolute atomic E-state index is 0.0633. The number of carbonyl (C=O) groups is 1. The smallest absolute Gasteiger partial charge is 0.226 e. The maximum atomic E-state index is 11.7. The molecule has 2 atom stereocenters. The molecule has 0 aromatic heterocycles. The number of carbonyl (C=O) groups excluding carboxylic acids is 1. The second-order valence-electron chi connectivity index (χ2n) is 4.34. The summed E-state index contributed by atoms with van der Waals surface area (Å²) in [5.74, 6) is 0.0633. The van der Waals surface area contributed by atoms with Gasteiger partial charge in [0.05, 0.1) is 6.10 Å². The third kappa shape index (κ3) is 3.32. The second-order valence-corrected chi connectivity index (χ2v) is 4.34. The first-order valence-electron chi connectivity index (χ1n) is 5.27. The van der Waals surface area contributed by atoms with Gasteiger partial charge in [0.2, 0.25) is 5.91 Å². The molecule has 0 spiro atoms. The molecule has 1 aliphatic rings. The van der Waals surface area contributed by atoms with Gasteiger partial charge in [-0.05, 0) is 20.5 Å². The largest absolute Gasteiger partial charge is 0.391 e. The Bertz CT molecular complexity index is 241. The maximum absolute atomic E-state index is 11.7. The highest BCUT2D eigenvalue weighted by Gasteiger charge is 2.33. The molecule has 1 saturated heterocycles. The Kier molecular flexibility index (Phi) is 4.29. The quantitative estimate of drug-likeness (QED) is 0.671. The molecule has 1 amide bonds. The van der Waals surface area contributed by atoms with Gasteiger partial charge in [-0.25, -0.2) is 0 Å². The van der Waals surface area contributed by atoms with Crippen LogP contribution in [0.25, 0.3) is 0 Å². The standard InChI is InChI=1S/C11H20N2O2/c1-4-5-11(15)13-8-10(14)6-9(13)7-12(2)3/h4,9-10,14H,1,5-8H2,2-3H3. The van der Waals surface area contributed by atoms with Gasteiger partial charge in [0, 0.05) is 25.6 Å². The number of hydrogen-bond acceptors (Lipinski definition) is 3. The molecule has 0 bridgehead atoms. The highest BCUT2D eigenvalue weighted by atomic mass is 16.3. The molecule has 15 heavy (non-hydrogen) atoms. The third-order valence-electron chi connectivity index (χ3n) is 2.61. The molecule has 4 heteroatoms. The topological polar surface area (TPSA) is 43.8 Å². The van der Waals surface area contributed by atoms with Crippen molar-refractivity contribution in [3.8, 4) is 0 Å². The molecule has 1 fully saturated rings. The summed E-state index contributed by atoms with van der Waals surface area (Å²) in [6.45, 7) is 4.83. The predicted octanol–water partition coefficient (Wildman–Crippen LogP) is 0.0859. The van der Waals surface area contributed by atoms with Crippen molar-refractivity contribution >= 4 is 5.91 Å². The van der Waals surface area contributed by atoms with Gasteiger partial charge in [0.15, 0.2) is 0 Å².